The van der Waals surface area contributed by atoms with E-state index in [9.17, 15) is 14.0 Å². The molecule has 0 aliphatic carbocycles. The lowest BCUT2D eigenvalue weighted by Crippen LogP contribution is -2.25. The van der Waals surface area contributed by atoms with Gasteiger partial charge in [-0.3, -0.25) is 9.59 Å². The van der Waals surface area contributed by atoms with Crippen LogP contribution in [0.2, 0.25) is 0 Å². The summed E-state index contributed by atoms with van der Waals surface area (Å²) in [7, 11) is 0. The molecule has 0 radical (unpaired) electrons. The van der Waals surface area contributed by atoms with Crippen LogP contribution < -0.4 is 11.2 Å². The molecular weight excluding hydrogens is 299 g/mol. The number of rotatable bonds is 2. The van der Waals surface area contributed by atoms with Crippen LogP contribution in [0.1, 0.15) is 45.7 Å². The molecule has 0 saturated heterocycles. The molecule has 3 N–H and O–H groups in total. The van der Waals surface area contributed by atoms with Crippen molar-refractivity contribution in [1.82, 2.24) is 9.88 Å². The molecule has 1 aromatic heterocycles. The Bertz CT molecular complexity index is 838. The van der Waals surface area contributed by atoms with Gasteiger partial charge < -0.3 is 15.7 Å². The van der Waals surface area contributed by atoms with Gasteiger partial charge in [-0.25, -0.2) is 4.39 Å². The van der Waals surface area contributed by atoms with Gasteiger partial charge in [0.1, 0.15) is 17.8 Å². The second kappa shape index (κ2) is 5.83. The maximum atomic E-state index is 14.2. The third-order valence-corrected chi connectivity index (χ3v) is 4.22. The number of hydrogen-bond donors (Lipinski definition) is 2. The number of nitrogens with two attached hydrogens (primary N) is 1. The minimum absolute atomic E-state index is 0.0940. The molecule has 3 rings (SSSR count). The molecule has 7 heteroatoms. The third-order valence-electron chi connectivity index (χ3n) is 4.22. The summed E-state index contributed by atoms with van der Waals surface area (Å²) in [6.45, 7) is 2.24. The Hall–Kier alpha value is -2.70. The highest BCUT2D eigenvalue weighted by atomic mass is 19.1. The Balaban J connectivity index is 2.30. The lowest BCUT2D eigenvalue weighted by atomic mass is 9.98. The predicted molar refractivity (Wildman–Crippen MR) is 85.0 cm³/mol. The van der Waals surface area contributed by atoms with Crippen molar-refractivity contribution in [1.29, 1.82) is 0 Å². The standard InChI is InChI=1S/C16H17FN4O2/c1-9-10-7-13(16(23)19-8-20-18)21-5-3-2-4-14(22)11(15(10)21)6-12(9)17/h6-8H,2-5,18H2,1H3,(H,19,20,23). The van der Waals surface area contributed by atoms with Crippen LogP contribution in [0.3, 0.4) is 0 Å². The Morgan fingerprint density at radius 1 is 1.43 bits per heavy atom. The first-order valence-electron chi connectivity index (χ1n) is 7.42. The number of Topliss-reactive ketones (excluding diaryl/α,β-unsaturated/α-hetero) is 1. The number of hydrogen-bond acceptors (Lipinski definition) is 4. The smallest absolute Gasteiger partial charge is 0.273 e. The zero-order valence-electron chi connectivity index (χ0n) is 12.7. The average molecular weight is 316 g/mol. The van der Waals surface area contributed by atoms with Gasteiger partial charge in [-0.1, -0.05) is 0 Å². The predicted octanol–water partition coefficient (Wildman–Crippen LogP) is 2.09. The Morgan fingerprint density at radius 2 is 2.22 bits per heavy atom. The number of carbonyl (C=O) groups is 2. The SMILES string of the molecule is Cc1c(F)cc2c3c1cc(C(=O)NC=NN)n3CCCCC2=O. The number of halogens is 1. The van der Waals surface area contributed by atoms with Crippen molar-refractivity contribution in [2.45, 2.75) is 32.7 Å². The minimum Gasteiger partial charge on any atom is -0.336 e. The largest absolute Gasteiger partial charge is 0.336 e. The number of carbonyl (C=O) groups excluding carboxylic acids is 2. The van der Waals surface area contributed by atoms with Crippen LogP contribution >= 0.6 is 0 Å². The summed E-state index contributed by atoms with van der Waals surface area (Å²) in [4.78, 5) is 24.6. The number of aryl methyl sites for hydroxylation is 2. The van der Waals surface area contributed by atoms with E-state index in [-0.39, 0.29) is 5.78 Å². The van der Waals surface area contributed by atoms with Crippen LogP contribution in [0.4, 0.5) is 4.39 Å². The van der Waals surface area contributed by atoms with E-state index in [1.807, 2.05) is 0 Å². The molecule has 1 amide bonds. The van der Waals surface area contributed by atoms with Crippen molar-refractivity contribution in [2.75, 3.05) is 0 Å². The zero-order chi connectivity index (χ0) is 16.6. The van der Waals surface area contributed by atoms with Gasteiger partial charge in [-0.15, -0.1) is 0 Å². The molecule has 0 saturated carbocycles. The van der Waals surface area contributed by atoms with Crippen molar-refractivity contribution in [3.63, 3.8) is 0 Å². The molecule has 1 aliphatic rings. The van der Waals surface area contributed by atoms with Gasteiger partial charge in [0.25, 0.3) is 5.91 Å². The maximum absolute atomic E-state index is 14.2. The van der Waals surface area contributed by atoms with E-state index in [0.29, 0.717) is 47.1 Å². The van der Waals surface area contributed by atoms with E-state index < -0.39 is 11.7 Å². The van der Waals surface area contributed by atoms with E-state index in [2.05, 4.69) is 10.4 Å². The fourth-order valence-corrected chi connectivity index (χ4v) is 3.05. The number of nitrogens with zero attached hydrogens (tertiary/aromatic N) is 2. The summed E-state index contributed by atoms with van der Waals surface area (Å²) in [6, 6.07) is 2.90. The minimum atomic E-state index is -0.436. The zero-order valence-corrected chi connectivity index (χ0v) is 12.7. The Morgan fingerprint density at radius 3 is 2.96 bits per heavy atom. The van der Waals surface area contributed by atoms with Gasteiger partial charge >= 0.3 is 0 Å². The third kappa shape index (κ3) is 2.48. The summed E-state index contributed by atoms with van der Waals surface area (Å²) >= 11 is 0. The number of amides is 1. The van der Waals surface area contributed by atoms with Gasteiger partial charge in [-0.2, -0.15) is 5.10 Å². The lowest BCUT2D eigenvalue weighted by Gasteiger charge is -2.16. The van der Waals surface area contributed by atoms with Crippen LogP contribution in [0, 0.1) is 12.7 Å². The normalized spacial score (nSPS) is 15.0. The fourth-order valence-electron chi connectivity index (χ4n) is 3.05. The van der Waals surface area contributed by atoms with E-state index >= 15 is 0 Å². The number of benzene rings is 1. The molecule has 23 heavy (non-hydrogen) atoms. The van der Waals surface area contributed by atoms with Gasteiger partial charge in [-0.05, 0) is 37.5 Å². The quantitative estimate of drug-likeness (QED) is 0.385. The van der Waals surface area contributed by atoms with Gasteiger partial charge in [0.2, 0.25) is 0 Å². The summed E-state index contributed by atoms with van der Waals surface area (Å²) < 4.78 is 16.0. The highest BCUT2D eigenvalue weighted by Gasteiger charge is 2.24. The topological polar surface area (TPSA) is 89.5 Å². The van der Waals surface area contributed by atoms with E-state index in [4.69, 9.17) is 5.84 Å². The Labute approximate surface area is 132 Å². The van der Waals surface area contributed by atoms with Crippen LogP contribution in [0.15, 0.2) is 17.2 Å². The van der Waals surface area contributed by atoms with Crippen LogP contribution in [-0.2, 0) is 6.54 Å². The van der Waals surface area contributed by atoms with E-state index in [1.165, 1.54) is 6.07 Å². The molecule has 2 aromatic rings. The summed E-state index contributed by atoms with van der Waals surface area (Å²) in [5.41, 5.74) is 1.76. The summed E-state index contributed by atoms with van der Waals surface area (Å²) in [5.74, 6) is 4.07. The van der Waals surface area contributed by atoms with Crippen molar-refractivity contribution in [3.05, 3.63) is 34.8 Å². The molecule has 6 nitrogen and oxygen atoms in total. The highest BCUT2D eigenvalue weighted by molar-refractivity contribution is 6.11. The summed E-state index contributed by atoms with van der Waals surface area (Å²) in [5, 5.41) is 6.28. The lowest BCUT2D eigenvalue weighted by molar-refractivity contribution is 0.0958. The number of ketones is 1. The van der Waals surface area contributed by atoms with Crippen LogP contribution in [0.5, 0.6) is 0 Å². The number of nitrogens with one attached hydrogen (secondary N) is 1. The molecule has 2 heterocycles. The molecular formula is C16H17FN4O2. The maximum Gasteiger partial charge on any atom is 0.273 e. The van der Waals surface area contributed by atoms with Crippen LogP contribution in [-0.4, -0.2) is 22.6 Å². The monoisotopic (exact) mass is 316 g/mol. The number of hydrazone groups is 1. The Kier molecular flexibility index (Phi) is 3.85. The summed E-state index contributed by atoms with van der Waals surface area (Å²) in [6.07, 6.45) is 2.97. The molecule has 1 aromatic carbocycles. The first-order chi connectivity index (χ1) is 11.0. The van der Waals surface area contributed by atoms with Gasteiger partial charge in [0.05, 0.1) is 5.52 Å². The molecule has 0 fully saturated rings. The molecule has 0 unspecified atom stereocenters. The average Bonchev–Trinajstić information content (AvgIpc) is 2.90. The van der Waals surface area contributed by atoms with Gasteiger partial charge in [0, 0.05) is 23.9 Å². The second-order valence-corrected chi connectivity index (χ2v) is 5.61. The molecule has 0 atom stereocenters. The number of aromatic nitrogens is 1. The second-order valence-electron chi connectivity index (χ2n) is 5.61. The van der Waals surface area contributed by atoms with E-state index in [0.717, 1.165) is 12.8 Å². The van der Waals surface area contributed by atoms with E-state index in [1.54, 1.807) is 17.6 Å². The first kappa shape index (κ1) is 15.2. The molecule has 0 spiro atoms. The van der Waals surface area contributed by atoms with Gasteiger partial charge in [0.15, 0.2) is 5.78 Å². The van der Waals surface area contributed by atoms with Crippen molar-refractivity contribution < 1.29 is 14.0 Å². The highest BCUT2D eigenvalue weighted by Crippen LogP contribution is 2.31. The van der Waals surface area contributed by atoms with Crippen molar-refractivity contribution in [2.24, 2.45) is 10.9 Å². The molecule has 0 bridgehead atoms. The van der Waals surface area contributed by atoms with Crippen molar-refractivity contribution >= 4 is 28.9 Å². The molecule has 1 aliphatic heterocycles. The van der Waals surface area contributed by atoms with Crippen LogP contribution in [0.25, 0.3) is 10.9 Å². The first-order valence-corrected chi connectivity index (χ1v) is 7.42. The fraction of sp³-hybridized carbons (Fsp3) is 0.312. The van der Waals surface area contributed by atoms with Crippen molar-refractivity contribution in [3.8, 4) is 0 Å². The molecule has 120 valence electrons.